The molecule has 0 bridgehead atoms. The van der Waals surface area contributed by atoms with E-state index in [1.807, 2.05) is 0 Å². The summed E-state index contributed by atoms with van der Waals surface area (Å²) in [5.41, 5.74) is 8.14. The monoisotopic (exact) mass is 247 g/mol. The molecule has 100 valence electrons. The van der Waals surface area contributed by atoms with Crippen molar-refractivity contribution in [2.24, 2.45) is 11.7 Å². The van der Waals surface area contributed by atoms with Gasteiger partial charge < -0.3 is 16.0 Å². The van der Waals surface area contributed by atoms with Crippen LogP contribution in [0.3, 0.4) is 0 Å². The molecule has 3 N–H and O–H groups in total. The molecule has 3 nitrogen and oxygen atoms in total. The largest absolute Gasteiger partial charge is 0.326 e. The molecule has 0 radical (unpaired) electrons. The maximum absolute atomic E-state index is 5.59. The molecule has 1 fully saturated rings. The first-order chi connectivity index (χ1) is 8.78. The van der Waals surface area contributed by atoms with Crippen molar-refractivity contribution in [3.63, 3.8) is 0 Å². The third-order valence-electron chi connectivity index (χ3n) is 3.86. The van der Waals surface area contributed by atoms with E-state index in [1.165, 1.54) is 37.1 Å². The highest BCUT2D eigenvalue weighted by Crippen LogP contribution is 2.14. The van der Waals surface area contributed by atoms with Crippen LogP contribution in [0.1, 0.15) is 24.0 Å². The minimum Gasteiger partial charge on any atom is -0.326 e. The molecule has 1 heterocycles. The Bertz CT molecular complexity index is 339. The van der Waals surface area contributed by atoms with Crippen molar-refractivity contribution >= 4 is 0 Å². The lowest BCUT2D eigenvalue weighted by Gasteiger charge is -2.29. The number of nitrogens with one attached hydrogen (secondary N) is 1. The van der Waals surface area contributed by atoms with E-state index in [-0.39, 0.29) is 0 Å². The fourth-order valence-electron chi connectivity index (χ4n) is 2.48. The van der Waals surface area contributed by atoms with Crippen LogP contribution in [0.15, 0.2) is 24.3 Å². The first-order valence-corrected chi connectivity index (χ1v) is 6.95. The third kappa shape index (κ3) is 4.09. The zero-order valence-corrected chi connectivity index (χ0v) is 11.4. The maximum Gasteiger partial charge on any atom is 0.0205 e. The summed E-state index contributed by atoms with van der Waals surface area (Å²) in [6.07, 6.45) is 2.66. The normalized spacial score (nSPS) is 18.1. The lowest BCUT2D eigenvalue weighted by Crippen LogP contribution is -2.34. The van der Waals surface area contributed by atoms with E-state index in [2.05, 4.69) is 41.5 Å². The van der Waals surface area contributed by atoms with Crippen molar-refractivity contribution in [3.05, 3.63) is 35.4 Å². The highest BCUT2D eigenvalue weighted by Gasteiger charge is 2.15. The molecule has 1 aliphatic rings. The summed E-state index contributed by atoms with van der Waals surface area (Å²) in [6, 6.07) is 8.58. The summed E-state index contributed by atoms with van der Waals surface area (Å²) >= 11 is 0. The first kappa shape index (κ1) is 13.5. The highest BCUT2D eigenvalue weighted by molar-refractivity contribution is 5.22. The van der Waals surface area contributed by atoms with Crippen LogP contribution in [0.5, 0.6) is 0 Å². The number of nitrogens with two attached hydrogens (primary N) is 1. The smallest absolute Gasteiger partial charge is 0.0205 e. The number of nitrogens with zero attached hydrogens (tertiary/aromatic N) is 1. The Balaban J connectivity index is 1.68. The quantitative estimate of drug-likeness (QED) is 0.830. The van der Waals surface area contributed by atoms with E-state index in [1.54, 1.807) is 0 Å². The van der Waals surface area contributed by atoms with Gasteiger partial charge in [0.05, 0.1) is 0 Å². The fraction of sp³-hybridized carbons (Fsp3) is 0.600. The fourth-order valence-corrected chi connectivity index (χ4v) is 2.48. The average molecular weight is 247 g/mol. The topological polar surface area (TPSA) is 41.3 Å². The van der Waals surface area contributed by atoms with Crippen LogP contribution < -0.4 is 11.1 Å². The molecule has 0 saturated carbocycles. The van der Waals surface area contributed by atoms with Gasteiger partial charge in [-0.25, -0.2) is 0 Å². The summed E-state index contributed by atoms with van der Waals surface area (Å²) in [5.74, 6) is 0.851. The Morgan fingerprint density at radius 2 is 1.78 bits per heavy atom. The van der Waals surface area contributed by atoms with Gasteiger partial charge in [-0.1, -0.05) is 24.3 Å². The van der Waals surface area contributed by atoms with Crippen LogP contribution in [0, 0.1) is 5.92 Å². The van der Waals surface area contributed by atoms with Crippen LogP contribution in [-0.4, -0.2) is 31.6 Å². The van der Waals surface area contributed by atoms with Gasteiger partial charge in [-0.2, -0.15) is 0 Å². The summed E-state index contributed by atoms with van der Waals surface area (Å²) < 4.78 is 0. The van der Waals surface area contributed by atoms with Crippen molar-refractivity contribution in [2.75, 3.05) is 26.7 Å². The molecule has 1 aromatic carbocycles. The molecule has 0 spiro atoms. The Hall–Kier alpha value is -0.900. The molecule has 2 rings (SSSR count). The molecule has 0 unspecified atom stereocenters. The average Bonchev–Trinajstić information content (AvgIpc) is 2.42. The minimum atomic E-state index is 0.628. The molecule has 1 aromatic rings. The van der Waals surface area contributed by atoms with Crippen molar-refractivity contribution in [1.82, 2.24) is 10.2 Å². The molecule has 0 aromatic heterocycles. The van der Waals surface area contributed by atoms with Crippen molar-refractivity contribution in [1.29, 1.82) is 0 Å². The van der Waals surface area contributed by atoms with Crippen molar-refractivity contribution in [3.8, 4) is 0 Å². The summed E-state index contributed by atoms with van der Waals surface area (Å²) in [7, 11) is 2.21. The SMILES string of the molecule is CN1CCC(CNCc2ccc(CN)cc2)CC1. The predicted molar refractivity (Wildman–Crippen MR) is 76.3 cm³/mol. The first-order valence-electron chi connectivity index (χ1n) is 6.95. The van der Waals surface area contributed by atoms with Crippen LogP contribution in [0.25, 0.3) is 0 Å². The van der Waals surface area contributed by atoms with Gasteiger partial charge in [-0.3, -0.25) is 0 Å². The van der Waals surface area contributed by atoms with Gasteiger partial charge >= 0.3 is 0 Å². The molecule has 0 aliphatic carbocycles. The standard InChI is InChI=1S/C15H25N3/c1-18-8-6-15(7-9-18)12-17-11-14-4-2-13(10-16)3-5-14/h2-5,15,17H,6-12,16H2,1H3. The lowest BCUT2D eigenvalue weighted by atomic mass is 9.97. The van der Waals surface area contributed by atoms with Crippen LogP contribution in [-0.2, 0) is 13.1 Å². The van der Waals surface area contributed by atoms with Gasteiger partial charge in [0.25, 0.3) is 0 Å². The second-order valence-corrected chi connectivity index (χ2v) is 5.40. The molecule has 1 aliphatic heterocycles. The van der Waals surface area contributed by atoms with Gasteiger partial charge in [-0.15, -0.1) is 0 Å². The second-order valence-electron chi connectivity index (χ2n) is 5.40. The number of hydrogen-bond donors (Lipinski definition) is 2. The molecule has 1 saturated heterocycles. The second kappa shape index (κ2) is 6.88. The lowest BCUT2D eigenvalue weighted by molar-refractivity contribution is 0.216. The van der Waals surface area contributed by atoms with Crippen molar-refractivity contribution in [2.45, 2.75) is 25.9 Å². The number of benzene rings is 1. The van der Waals surface area contributed by atoms with Gasteiger partial charge in [-0.05, 0) is 56.6 Å². The number of hydrogen-bond acceptors (Lipinski definition) is 3. The molecular formula is C15H25N3. The maximum atomic E-state index is 5.59. The third-order valence-corrected chi connectivity index (χ3v) is 3.86. The van der Waals surface area contributed by atoms with Crippen LogP contribution >= 0.6 is 0 Å². The Labute approximate surface area is 110 Å². The zero-order valence-electron chi connectivity index (χ0n) is 11.4. The van der Waals surface area contributed by atoms with Crippen LogP contribution in [0.4, 0.5) is 0 Å². The van der Waals surface area contributed by atoms with Gasteiger partial charge in [0, 0.05) is 13.1 Å². The van der Waals surface area contributed by atoms with Gasteiger partial charge in [0.1, 0.15) is 0 Å². The Morgan fingerprint density at radius 1 is 1.17 bits per heavy atom. The number of rotatable bonds is 5. The molecule has 3 heteroatoms. The van der Waals surface area contributed by atoms with E-state index in [0.717, 1.165) is 19.0 Å². The van der Waals surface area contributed by atoms with E-state index in [0.29, 0.717) is 6.54 Å². The Morgan fingerprint density at radius 3 is 2.39 bits per heavy atom. The van der Waals surface area contributed by atoms with E-state index in [9.17, 15) is 0 Å². The highest BCUT2D eigenvalue weighted by atomic mass is 15.1. The summed E-state index contributed by atoms with van der Waals surface area (Å²) in [6.45, 7) is 5.24. The number of likely N-dealkylation sites (tertiary alicyclic amines) is 1. The Kier molecular flexibility index (Phi) is 5.17. The molecule has 0 atom stereocenters. The number of piperidine rings is 1. The molecule has 18 heavy (non-hydrogen) atoms. The van der Waals surface area contributed by atoms with E-state index >= 15 is 0 Å². The summed E-state index contributed by atoms with van der Waals surface area (Å²) in [5, 5.41) is 3.57. The van der Waals surface area contributed by atoms with E-state index in [4.69, 9.17) is 5.73 Å². The van der Waals surface area contributed by atoms with Gasteiger partial charge in [0.2, 0.25) is 0 Å². The van der Waals surface area contributed by atoms with Crippen LogP contribution in [0.2, 0.25) is 0 Å². The zero-order chi connectivity index (χ0) is 12.8. The predicted octanol–water partition coefficient (Wildman–Crippen LogP) is 1.58. The van der Waals surface area contributed by atoms with E-state index < -0.39 is 0 Å². The van der Waals surface area contributed by atoms with Gasteiger partial charge in [0.15, 0.2) is 0 Å². The molecule has 0 amide bonds. The molecular weight excluding hydrogens is 222 g/mol. The minimum absolute atomic E-state index is 0.628. The van der Waals surface area contributed by atoms with Crippen molar-refractivity contribution < 1.29 is 0 Å². The summed E-state index contributed by atoms with van der Waals surface area (Å²) in [4.78, 5) is 2.42.